The van der Waals surface area contributed by atoms with Crippen molar-refractivity contribution in [3.8, 4) is 0 Å². The third-order valence-electron chi connectivity index (χ3n) is 4.67. The maximum absolute atomic E-state index is 12.3. The maximum atomic E-state index is 12.3. The van der Waals surface area contributed by atoms with Crippen molar-refractivity contribution in [1.82, 2.24) is 15.1 Å². The fourth-order valence-corrected chi connectivity index (χ4v) is 3.30. The minimum absolute atomic E-state index is 0.0373. The van der Waals surface area contributed by atoms with E-state index in [9.17, 15) is 4.79 Å². The van der Waals surface area contributed by atoms with Gasteiger partial charge >= 0.3 is 0 Å². The van der Waals surface area contributed by atoms with Gasteiger partial charge in [0.25, 0.3) is 0 Å². The van der Waals surface area contributed by atoms with Crippen molar-refractivity contribution in [2.45, 2.75) is 51.1 Å². The molecule has 0 radical (unpaired) electrons. The number of carbonyl (C=O) groups is 1. The Kier molecular flexibility index (Phi) is 6.26. The molecule has 1 heterocycles. The van der Waals surface area contributed by atoms with Gasteiger partial charge in [-0.05, 0) is 32.7 Å². The van der Waals surface area contributed by atoms with Crippen LogP contribution in [0, 0.1) is 0 Å². The Hall–Kier alpha value is -0.650. The van der Waals surface area contributed by atoms with Crippen molar-refractivity contribution in [1.29, 1.82) is 0 Å². The first-order chi connectivity index (χ1) is 9.70. The smallest absolute Gasteiger partial charge is 0.237 e. The summed E-state index contributed by atoms with van der Waals surface area (Å²) < 4.78 is 0. The highest BCUT2D eigenvalue weighted by atomic mass is 16.3. The standard InChI is InChI=1S/C15H29N3O2/c1-13(15(20)16-14-5-2-3-6-14)18-8-4-7-17(9-10-18)11-12-19/h13-14,19H,2-12H2,1H3,(H,16,20). The zero-order valence-electron chi connectivity index (χ0n) is 12.7. The van der Waals surface area contributed by atoms with Gasteiger partial charge in [-0.15, -0.1) is 0 Å². The molecule has 5 heteroatoms. The zero-order valence-corrected chi connectivity index (χ0v) is 12.7. The van der Waals surface area contributed by atoms with Gasteiger partial charge in [0.1, 0.15) is 0 Å². The fourth-order valence-electron chi connectivity index (χ4n) is 3.30. The molecular formula is C15H29N3O2. The predicted molar refractivity (Wildman–Crippen MR) is 79.6 cm³/mol. The van der Waals surface area contributed by atoms with E-state index in [-0.39, 0.29) is 18.6 Å². The van der Waals surface area contributed by atoms with E-state index in [1.165, 1.54) is 12.8 Å². The largest absolute Gasteiger partial charge is 0.395 e. The molecular weight excluding hydrogens is 254 g/mol. The van der Waals surface area contributed by atoms with Crippen LogP contribution in [0.5, 0.6) is 0 Å². The fraction of sp³-hybridized carbons (Fsp3) is 0.933. The summed E-state index contributed by atoms with van der Waals surface area (Å²) in [5.74, 6) is 0.188. The Balaban J connectivity index is 1.78. The number of amides is 1. The predicted octanol–water partition coefficient (Wildman–Crippen LogP) is 0.434. The third-order valence-corrected chi connectivity index (χ3v) is 4.67. The van der Waals surface area contributed by atoms with Crippen molar-refractivity contribution >= 4 is 5.91 Å². The van der Waals surface area contributed by atoms with Gasteiger partial charge in [-0.3, -0.25) is 14.6 Å². The van der Waals surface area contributed by atoms with Crippen LogP contribution in [0.4, 0.5) is 0 Å². The van der Waals surface area contributed by atoms with Crippen molar-refractivity contribution in [2.75, 3.05) is 39.3 Å². The molecule has 2 rings (SSSR count). The molecule has 0 spiro atoms. The molecule has 2 aliphatic rings. The van der Waals surface area contributed by atoms with E-state index < -0.39 is 0 Å². The minimum Gasteiger partial charge on any atom is -0.395 e. The average Bonchev–Trinajstić information content (AvgIpc) is 2.83. The lowest BCUT2D eigenvalue weighted by molar-refractivity contribution is -0.126. The number of β-amino-alcohol motifs (C(OH)–C–C–N with tert-alkyl or cyclic N) is 1. The quantitative estimate of drug-likeness (QED) is 0.768. The van der Waals surface area contributed by atoms with E-state index in [2.05, 4.69) is 15.1 Å². The maximum Gasteiger partial charge on any atom is 0.237 e. The molecule has 1 saturated heterocycles. The van der Waals surface area contributed by atoms with Gasteiger partial charge < -0.3 is 10.4 Å². The van der Waals surface area contributed by atoms with E-state index in [0.29, 0.717) is 6.04 Å². The van der Waals surface area contributed by atoms with Crippen molar-refractivity contribution in [3.05, 3.63) is 0 Å². The van der Waals surface area contributed by atoms with Crippen LogP contribution >= 0.6 is 0 Å². The number of hydrogen-bond donors (Lipinski definition) is 2. The summed E-state index contributed by atoms with van der Waals surface area (Å²) in [5, 5.41) is 12.2. The Bertz CT molecular complexity index is 305. The molecule has 1 atom stereocenters. The Morgan fingerprint density at radius 3 is 2.65 bits per heavy atom. The Labute approximate surface area is 122 Å². The Morgan fingerprint density at radius 2 is 1.95 bits per heavy atom. The van der Waals surface area contributed by atoms with Crippen LogP contribution in [0.1, 0.15) is 39.0 Å². The molecule has 0 aromatic heterocycles. The lowest BCUT2D eigenvalue weighted by atomic mass is 10.2. The number of rotatable bonds is 5. The van der Waals surface area contributed by atoms with E-state index in [1.807, 2.05) is 6.92 Å². The second-order valence-electron chi connectivity index (χ2n) is 6.12. The van der Waals surface area contributed by atoms with E-state index in [0.717, 1.165) is 52.0 Å². The highest BCUT2D eigenvalue weighted by Crippen LogP contribution is 2.18. The molecule has 1 aliphatic carbocycles. The van der Waals surface area contributed by atoms with E-state index >= 15 is 0 Å². The van der Waals surface area contributed by atoms with Crippen LogP contribution in [-0.2, 0) is 4.79 Å². The van der Waals surface area contributed by atoms with Crippen molar-refractivity contribution in [2.24, 2.45) is 0 Å². The second kappa shape index (κ2) is 7.96. The van der Waals surface area contributed by atoms with Crippen LogP contribution in [0.3, 0.4) is 0 Å². The number of nitrogens with zero attached hydrogens (tertiary/aromatic N) is 2. The number of aliphatic hydroxyl groups is 1. The SMILES string of the molecule is CC(C(=O)NC1CCCC1)N1CCCN(CCO)CC1. The van der Waals surface area contributed by atoms with E-state index in [1.54, 1.807) is 0 Å². The molecule has 1 aliphatic heterocycles. The summed E-state index contributed by atoms with van der Waals surface area (Å²) in [7, 11) is 0. The van der Waals surface area contributed by atoms with Crippen LogP contribution < -0.4 is 5.32 Å². The number of nitrogens with one attached hydrogen (secondary N) is 1. The number of aliphatic hydroxyl groups excluding tert-OH is 1. The molecule has 2 N–H and O–H groups in total. The molecule has 1 saturated carbocycles. The van der Waals surface area contributed by atoms with Gasteiger partial charge in [0.05, 0.1) is 12.6 Å². The van der Waals surface area contributed by atoms with Crippen molar-refractivity contribution < 1.29 is 9.90 Å². The summed E-state index contributed by atoms with van der Waals surface area (Å²) in [5.41, 5.74) is 0. The van der Waals surface area contributed by atoms with Crippen LogP contribution in [0.2, 0.25) is 0 Å². The molecule has 0 bridgehead atoms. The average molecular weight is 283 g/mol. The van der Waals surface area contributed by atoms with Gasteiger partial charge in [-0.1, -0.05) is 12.8 Å². The summed E-state index contributed by atoms with van der Waals surface area (Å²) in [4.78, 5) is 16.9. The molecule has 1 unspecified atom stereocenters. The van der Waals surface area contributed by atoms with Gasteiger partial charge in [0.15, 0.2) is 0 Å². The molecule has 116 valence electrons. The number of carbonyl (C=O) groups excluding carboxylic acids is 1. The molecule has 20 heavy (non-hydrogen) atoms. The van der Waals surface area contributed by atoms with Crippen LogP contribution in [0.15, 0.2) is 0 Å². The first-order valence-electron chi connectivity index (χ1n) is 8.08. The normalized spacial score (nSPS) is 24.5. The first-order valence-corrected chi connectivity index (χ1v) is 8.08. The topological polar surface area (TPSA) is 55.8 Å². The molecule has 0 aromatic rings. The molecule has 5 nitrogen and oxygen atoms in total. The van der Waals surface area contributed by atoms with Crippen LogP contribution in [0.25, 0.3) is 0 Å². The van der Waals surface area contributed by atoms with Gasteiger partial charge in [-0.25, -0.2) is 0 Å². The van der Waals surface area contributed by atoms with Crippen molar-refractivity contribution in [3.63, 3.8) is 0 Å². The first kappa shape index (κ1) is 15.7. The zero-order chi connectivity index (χ0) is 14.4. The molecule has 0 aromatic carbocycles. The third kappa shape index (κ3) is 4.43. The monoisotopic (exact) mass is 283 g/mol. The summed E-state index contributed by atoms with van der Waals surface area (Å²) >= 11 is 0. The van der Waals surface area contributed by atoms with Crippen LogP contribution in [-0.4, -0.2) is 72.2 Å². The lowest BCUT2D eigenvalue weighted by Gasteiger charge is -2.28. The lowest BCUT2D eigenvalue weighted by Crippen LogP contribution is -2.48. The minimum atomic E-state index is -0.0373. The summed E-state index contributed by atoms with van der Waals surface area (Å²) in [6.07, 6.45) is 5.85. The number of hydrogen-bond acceptors (Lipinski definition) is 4. The van der Waals surface area contributed by atoms with Gasteiger partial charge in [0.2, 0.25) is 5.91 Å². The second-order valence-corrected chi connectivity index (χ2v) is 6.12. The van der Waals surface area contributed by atoms with Gasteiger partial charge in [-0.2, -0.15) is 0 Å². The molecule has 1 amide bonds. The van der Waals surface area contributed by atoms with Gasteiger partial charge in [0, 0.05) is 32.2 Å². The highest BCUT2D eigenvalue weighted by Gasteiger charge is 2.26. The molecule has 2 fully saturated rings. The summed E-state index contributed by atoms with van der Waals surface area (Å²) in [6.45, 7) is 6.84. The summed E-state index contributed by atoms with van der Waals surface area (Å²) in [6, 6.07) is 0.368. The Morgan fingerprint density at radius 1 is 1.20 bits per heavy atom. The van der Waals surface area contributed by atoms with E-state index in [4.69, 9.17) is 5.11 Å². The highest BCUT2D eigenvalue weighted by molar-refractivity contribution is 5.81.